The minimum absolute atomic E-state index is 0.0154. The van der Waals surface area contributed by atoms with Crippen molar-refractivity contribution >= 4 is 5.91 Å². The van der Waals surface area contributed by atoms with Crippen LogP contribution in [0.5, 0.6) is 0 Å². The summed E-state index contributed by atoms with van der Waals surface area (Å²) in [5.74, 6) is 0.745. The van der Waals surface area contributed by atoms with Crippen molar-refractivity contribution in [2.75, 3.05) is 0 Å². The van der Waals surface area contributed by atoms with Crippen molar-refractivity contribution in [1.82, 2.24) is 9.88 Å². The molecule has 3 aromatic rings. The Balaban J connectivity index is 1.87. The maximum Gasteiger partial charge on any atom is 0.254 e. The number of aryl methyl sites for hydroxylation is 2. The number of carbonyl (C=O) groups excluding carboxylic acids is 1. The third-order valence-corrected chi connectivity index (χ3v) is 4.06. The second kappa shape index (κ2) is 7.13. The summed E-state index contributed by atoms with van der Waals surface area (Å²) < 4.78 is 5.42. The van der Waals surface area contributed by atoms with Crippen LogP contribution in [0.2, 0.25) is 0 Å². The van der Waals surface area contributed by atoms with E-state index in [-0.39, 0.29) is 5.91 Å². The number of furan rings is 1. The average Bonchev–Trinajstić information content (AvgIpc) is 3.10. The fourth-order valence-electron chi connectivity index (χ4n) is 2.56. The van der Waals surface area contributed by atoms with Crippen LogP contribution in [-0.2, 0) is 13.1 Å². The number of amides is 1. The van der Waals surface area contributed by atoms with Gasteiger partial charge in [0.15, 0.2) is 0 Å². The zero-order chi connectivity index (χ0) is 16.9. The number of hydrogen-bond acceptors (Lipinski definition) is 3. The third kappa shape index (κ3) is 3.71. The average molecular weight is 320 g/mol. The minimum atomic E-state index is -0.0154. The largest absolute Gasteiger partial charge is 0.467 e. The van der Waals surface area contributed by atoms with E-state index in [1.807, 2.05) is 56.3 Å². The Morgan fingerprint density at radius 3 is 2.62 bits per heavy atom. The second-order valence-electron chi connectivity index (χ2n) is 5.90. The normalized spacial score (nSPS) is 10.6. The summed E-state index contributed by atoms with van der Waals surface area (Å²) in [6, 6.07) is 13.4. The lowest BCUT2D eigenvalue weighted by Crippen LogP contribution is -2.30. The molecule has 0 spiro atoms. The molecule has 0 aliphatic rings. The van der Waals surface area contributed by atoms with Gasteiger partial charge in [0.05, 0.1) is 12.8 Å². The van der Waals surface area contributed by atoms with Crippen molar-refractivity contribution in [3.63, 3.8) is 0 Å². The molecule has 4 nitrogen and oxygen atoms in total. The Hall–Kier alpha value is -2.88. The smallest absolute Gasteiger partial charge is 0.254 e. The van der Waals surface area contributed by atoms with Gasteiger partial charge in [-0.15, -0.1) is 0 Å². The summed E-state index contributed by atoms with van der Waals surface area (Å²) in [4.78, 5) is 18.9. The van der Waals surface area contributed by atoms with E-state index in [4.69, 9.17) is 4.42 Å². The quantitative estimate of drug-likeness (QED) is 0.710. The zero-order valence-electron chi connectivity index (χ0n) is 13.9. The van der Waals surface area contributed by atoms with Gasteiger partial charge in [-0.05, 0) is 60.9 Å². The van der Waals surface area contributed by atoms with Crippen molar-refractivity contribution < 1.29 is 9.21 Å². The first-order valence-corrected chi connectivity index (χ1v) is 7.91. The maximum atomic E-state index is 13.0. The van der Waals surface area contributed by atoms with Crippen LogP contribution in [0.3, 0.4) is 0 Å². The molecule has 3 rings (SSSR count). The van der Waals surface area contributed by atoms with Crippen LogP contribution in [0.4, 0.5) is 0 Å². The summed E-state index contributed by atoms with van der Waals surface area (Å²) in [6.07, 6.45) is 5.13. The van der Waals surface area contributed by atoms with Crippen LogP contribution in [0.25, 0.3) is 0 Å². The van der Waals surface area contributed by atoms with Gasteiger partial charge in [-0.25, -0.2) is 0 Å². The molecule has 122 valence electrons. The molecular weight excluding hydrogens is 300 g/mol. The molecular formula is C20H20N2O2. The fourth-order valence-corrected chi connectivity index (χ4v) is 2.56. The molecule has 0 unspecified atom stereocenters. The SMILES string of the molecule is Cc1ccc(C(=O)N(Cc2cccnc2)Cc2ccco2)cc1C. The minimum Gasteiger partial charge on any atom is -0.467 e. The molecule has 0 fully saturated rings. The van der Waals surface area contributed by atoms with Crippen LogP contribution >= 0.6 is 0 Å². The van der Waals surface area contributed by atoms with Crippen molar-refractivity contribution in [1.29, 1.82) is 0 Å². The van der Waals surface area contributed by atoms with Gasteiger partial charge in [0.25, 0.3) is 5.91 Å². The Morgan fingerprint density at radius 2 is 1.96 bits per heavy atom. The Kier molecular flexibility index (Phi) is 4.75. The molecule has 0 aliphatic carbocycles. The molecule has 0 saturated heterocycles. The second-order valence-corrected chi connectivity index (χ2v) is 5.90. The first-order valence-electron chi connectivity index (χ1n) is 7.91. The topological polar surface area (TPSA) is 46.3 Å². The van der Waals surface area contributed by atoms with Gasteiger partial charge in [-0.3, -0.25) is 9.78 Å². The molecule has 0 aliphatic heterocycles. The number of hydrogen-bond donors (Lipinski definition) is 0. The van der Waals surface area contributed by atoms with E-state index in [1.54, 1.807) is 23.6 Å². The van der Waals surface area contributed by atoms with Gasteiger partial charge in [0.2, 0.25) is 0 Å². The van der Waals surface area contributed by atoms with Crippen LogP contribution in [-0.4, -0.2) is 15.8 Å². The zero-order valence-corrected chi connectivity index (χ0v) is 13.9. The number of rotatable bonds is 5. The van der Waals surface area contributed by atoms with Crippen molar-refractivity contribution in [3.05, 3.63) is 89.1 Å². The summed E-state index contributed by atoms with van der Waals surface area (Å²) in [5.41, 5.74) is 3.96. The number of benzene rings is 1. The van der Waals surface area contributed by atoms with E-state index >= 15 is 0 Å². The van der Waals surface area contributed by atoms with Gasteiger partial charge in [0.1, 0.15) is 5.76 Å². The van der Waals surface area contributed by atoms with E-state index in [0.29, 0.717) is 18.7 Å². The molecule has 0 bridgehead atoms. The predicted octanol–water partition coefficient (Wildman–Crippen LogP) is 4.13. The van der Waals surface area contributed by atoms with Gasteiger partial charge in [-0.2, -0.15) is 0 Å². The highest BCUT2D eigenvalue weighted by Gasteiger charge is 2.18. The number of carbonyl (C=O) groups is 1. The molecule has 2 aromatic heterocycles. The van der Waals surface area contributed by atoms with E-state index in [2.05, 4.69) is 4.98 Å². The molecule has 4 heteroatoms. The Morgan fingerprint density at radius 1 is 1.08 bits per heavy atom. The molecule has 0 N–H and O–H groups in total. The first-order chi connectivity index (χ1) is 11.6. The monoisotopic (exact) mass is 320 g/mol. The van der Waals surface area contributed by atoms with Gasteiger partial charge < -0.3 is 9.32 Å². The lowest BCUT2D eigenvalue weighted by Gasteiger charge is -2.22. The molecule has 1 aromatic carbocycles. The van der Waals surface area contributed by atoms with Crippen molar-refractivity contribution in [2.45, 2.75) is 26.9 Å². The molecule has 1 amide bonds. The number of pyridine rings is 1. The van der Waals surface area contributed by atoms with Gasteiger partial charge in [-0.1, -0.05) is 12.1 Å². The van der Waals surface area contributed by atoms with E-state index < -0.39 is 0 Å². The van der Waals surface area contributed by atoms with Crippen LogP contribution in [0.15, 0.2) is 65.5 Å². The van der Waals surface area contributed by atoms with Crippen molar-refractivity contribution in [3.8, 4) is 0 Å². The van der Waals surface area contributed by atoms with Crippen LogP contribution in [0.1, 0.15) is 32.8 Å². The summed E-state index contributed by atoms with van der Waals surface area (Å²) >= 11 is 0. The highest BCUT2D eigenvalue weighted by Crippen LogP contribution is 2.16. The lowest BCUT2D eigenvalue weighted by atomic mass is 10.1. The molecule has 24 heavy (non-hydrogen) atoms. The summed E-state index contributed by atoms with van der Waals surface area (Å²) in [7, 11) is 0. The van der Waals surface area contributed by atoms with E-state index in [9.17, 15) is 4.79 Å². The Labute approximate surface area is 141 Å². The highest BCUT2D eigenvalue weighted by molar-refractivity contribution is 5.94. The Bertz CT molecular complexity index is 811. The first kappa shape index (κ1) is 16.0. The van der Waals surface area contributed by atoms with Gasteiger partial charge >= 0.3 is 0 Å². The number of aromatic nitrogens is 1. The third-order valence-electron chi connectivity index (χ3n) is 4.06. The summed E-state index contributed by atoms with van der Waals surface area (Å²) in [5, 5.41) is 0. The fraction of sp³-hybridized carbons (Fsp3) is 0.200. The molecule has 0 saturated carbocycles. The number of nitrogens with zero attached hydrogens (tertiary/aromatic N) is 2. The standard InChI is InChI=1S/C20H20N2O2/c1-15-7-8-18(11-16(15)2)20(23)22(14-19-6-4-10-24-19)13-17-5-3-9-21-12-17/h3-12H,13-14H2,1-2H3. The molecule has 0 radical (unpaired) electrons. The predicted molar refractivity (Wildman–Crippen MR) is 92.4 cm³/mol. The van der Waals surface area contributed by atoms with Crippen LogP contribution < -0.4 is 0 Å². The maximum absolute atomic E-state index is 13.0. The van der Waals surface area contributed by atoms with E-state index in [1.165, 1.54) is 5.56 Å². The lowest BCUT2D eigenvalue weighted by molar-refractivity contribution is 0.0717. The molecule has 2 heterocycles. The van der Waals surface area contributed by atoms with Crippen molar-refractivity contribution in [2.24, 2.45) is 0 Å². The van der Waals surface area contributed by atoms with Gasteiger partial charge in [0, 0.05) is 24.5 Å². The molecule has 0 atom stereocenters. The van der Waals surface area contributed by atoms with E-state index in [0.717, 1.165) is 16.9 Å². The summed E-state index contributed by atoms with van der Waals surface area (Å²) in [6.45, 7) is 4.97. The highest BCUT2D eigenvalue weighted by atomic mass is 16.3. The van der Waals surface area contributed by atoms with Crippen LogP contribution in [0, 0.1) is 13.8 Å².